The fourth-order valence-electron chi connectivity index (χ4n) is 1.76. The van der Waals surface area contributed by atoms with Crippen LogP contribution in [0.2, 0.25) is 0 Å². The minimum absolute atomic E-state index is 0.0542. The fourth-order valence-corrected chi connectivity index (χ4v) is 3.08. The summed E-state index contributed by atoms with van der Waals surface area (Å²) in [5.41, 5.74) is 0.150. The maximum absolute atomic E-state index is 12.3. The molecule has 0 aliphatic carbocycles. The summed E-state index contributed by atoms with van der Waals surface area (Å²) in [7, 11) is -3.67. The average molecular weight is 309 g/mol. The first-order valence-corrected chi connectivity index (χ1v) is 7.82. The third kappa shape index (κ3) is 3.29. The molecule has 112 valence electrons. The third-order valence-electron chi connectivity index (χ3n) is 2.75. The molecule has 0 fully saturated rings. The predicted octanol–water partition coefficient (Wildman–Crippen LogP) is 1.26. The molecular weight excluding hydrogens is 294 g/mol. The van der Waals surface area contributed by atoms with Gasteiger partial charge in [0.1, 0.15) is 4.90 Å². The Morgan fingerprint density at radius 2 is 2.05 bits per heavy atom. The third-order valence-corrected chi connectivity index (χ3v) is 4.26. The molecule has 0 amide bonds. The predicted molar refractivity (Wildman–Crippen MR) is 76.0 cm³/mol. The van der Waals surface area contributed by atoms with E-state index in [1.807, 2.05) is 6.92 Å². The molecule has 2 rings (SSSR count). The second kappa shape index (κ2) is 6.06. The molecular formula is C13H15N3O4S. The monoisotopic (exact) mass is 309 g/mol. The Balaban J connectivity index is 2.48. The summed E-state index contributed by atoms with van der Waals surface area (Å²) in [5, 5.41) is 12.7. The van der Waals surface area contributed by atoms with Crippen LogP contribution in [0.25, 0.3) is 5.69 Å². The maximum atomic E-state index is 12.3. The van der Waals surface area contributed by atoms with Gasteiger partial charge in [0.25, 0.3) is 0 Å². The molecule has 0 radical (unpaired) electrons. The van der Waals surface area contributed by atoms with Crippen molar-refractivity contribution in [1.82, 2.24) is 14.5 Å². The Morgan fingerprint density at radius 3 is 2.67 bits per heavy atom. The van der Waals surface area contributed by atoms with Crippen molar-refractivity contribution in [2.45, 2.75) is 18.2 Å². The number of carboxylic acids is 1. The van der Waals surface area contributed by atoms with Crippen LogP contribution in [0.4, 0.5) is 0 Å². The second-order valence-electron chi connectivity index (χ2n) is 4.32. The summed E-state index contributed by atoms with van der Waals surface area (Å²) < 4.78 is 28.2. The topological polar surface area (TPSA) is 101 Å². The second-order valence-corrected chi connectivity index (χ2v) is 6.05. The Labute approximate surface area is 122 Å². The number of para-hydroxylation sites is 1. The summed E-state index contributed by atoms with van der Waals surface area (Å²) in [4.78, 5) is 10.9. The molecule has 8 heteroatoms. The van der Waals surface area contributed by atoms with Gasteiger partial charge in [0.15, 0.2) is 5.69 Å². The minimum atomic E-state index is -3.67. The molecule has 0 spiro atoms. The van der Waals surface area contributed by atoms with E-state index in [2.05, 4.69) is 9.82 Å². The lowest BCUT2D eigenvalue weighted by Crippen LogP contribution is -2.25. The Bertz CT molecular complexity index is 752. The van der Waals surface area contributed by atoms with Gasteiger partial charge >= 0.3 is 5.97 Å². The van der Waals surface area contributed by atoms with Gasteiger partial charge in [-0.2, -0.15) is 5.10 Å². The van der Waals surface area contributed by atoms with Crippen molar-refractivity contribution in [1.29, 1.82) is 0 Å². The Kier molecular flexibility index (Phi) is 4.39. The van der Waals surface area contributed by atoms with Gasteiger partial charge in [-0.3, -0.25) is 0 Å². The number of benzene rings is 1. The van der Waals surface area contributed by atoms with Crippen LogP contribution in [-0.2, 0) is 10.0 Å². The molecule has 1 aromatic carbocycles. The Hall–Kier alpha value is -2.19. The molecule has 1 heterocycles. The summed E-state index contributed by atoms with van der Waals surface area (Å²) in [6.45, 7) is 2.19. The number of aromatic carboxylic acids is 1. The van der Waals surface area contributed by atoms with Crippen LogP contribution >= 0.6 is 0 Å². The molecule has 1 aromatic heterocycles. The van der Waals surface area contributed by atoms with Crippen molar-refractivity contribution in [3.8, 4) is 5.69 Å². The van der Waals surface area contributed by atoms with Crippen LogP contribution in [0.5, 0.6) is 0 Å². The number of aromatic nitrogens is 2. The lowest BCUT2D eigenvalue weighted by atomic mass is 10.3. The van der Waals surface area contributed by atoms with E-state index in [-0.39, 0.29) is 10.6 Å². The molecule has 0 aliphatic heterocycles. The first-order valence-electron chi connectivity index (χ1n) is 6.33. The van der Waals surface area contributed by atoms with Crippen molar-refractivity contribution in [3.05, 3.63) is 42.2 Å². The lowest BCUT2D eigenvalue weighted by Gasteiger charge is -2.10. The van der Waals surface area contributed by atoms with Crippen molar-refractivity contribution in [2.24, 2.45) is 0 Å². The number of carbonyl (C=O) groups is 1. The van der Waals surface area contributed by atoms with Crippen LogP contribution in [0, 0.1) is 0 Å². The van der Waals surface area contributed by atoms with Crippen LogP contribution in [0.15, 0.2) is 41.4 Å². The average Bonchev–Trinajstić information content (AvgIpc) is 2.95. The van der Waals surface area contributed by atoms with Gasteiger partial charge in [-0.25, -0.2) is 22.6 Å². The van der Waals surface area contributed by atoms with Gasteiger partial charge in [0, 0.05) is 12.7 Å². The van der Waals surface area contributed by atoms with Crippen LogP contribution in [0.1, 0.15) is 23.8 Å². The van der Waals surface area contributed by atoms with E-state index in [0.29, 0.717) is 18.7 Å². The lowest BCUT2D eigenvalue weighted by molar-refractivity contribution is 0.0690. The quantitative estimate of drug-likeness (QED) is 0.836. The van der Waals surface area contributed by atoms with Crippen molar-refractivity contribution in [2.75, 3.05) is 6.54 Å². The number of hydrogen-bond acceptors (Lipinski definition) is 4. The first kappa shape index (κ1) is 15.2. The van der Waals surface area contributed by atoms with Gasteiger partial charge in [-0.1, -0.05) is 19.1 Å². The molecule has 21 heavy (non-hydrogen) atoms. The fraction of sp³-hybridized carbons (Fsp3) is 0.231. The van der Waals surface area contributed by atoms with Crippen molar-refractivity contribution >= 4 is 16.0 Å². The van der Waals surface area contributed by atoms with Gasteiger partial charge in [0.05, 0.1) is 5.69 Å². The smallest absolute Gasteiger partial charge is 0.356 e. The van der Waals surface area contributed by atoms with E-state index in [1.165, 1.54) is 23.0 Å². The molecule has 0 saturated heterocycles. The van der Waals surface area contributed by atoms with E-state index in [1.54, 1.807) is 18.2 Å². The van der Waals surface area contributed by atoms with Gasteiger partial charge in [0.2, 0.25) is 10.0 Å². The maximum Gasteiger partial charge on any atom is 0.356 e. The van der Waals surface area contributed by atoms with Gasteiger partial charge in [-0.15, -0.1) is 0 Å². The highest BCUT2D eigenvalue weighted by atomic mass is 32.2. The van der Waals surface area contributed by atoms with Crippen molar-refractivity contribution < 1.29 is 18.3 Å². The molecule has 2 N–H and O–H groups in total. The minimum Gasteiger partial charge on any atom is -0.476 e. The van der Waals surface area contributed by atoms with E-state index < -0.39 is 16.0 Å². The largest absolute Gasteiger partial charge is 0.476 e. The SMILES string of the molecule is CCCNS(=O)(=O)c1ccccc1-n1ccc(C(=O)O)n1. The standard InChI is InChI=1S/C13H15N3O4S/c1-2-8-14-21(19,20)12-6-4-3-5-11(12)16-9-7-10(15-16)13(17)18/h3-7,9,14H,2,8H2,1H3,(H,17,18). The number of nitrogens with zero attached hydrogens (tertiary/aromatic N) is 2. The number of nitrogens with one attached hydrogen (secondary N) is 1. The summed E-state index contributed by atoms with van der Waals surface area (Å²) >= 11 is 0. The van der Waals surface area contributed by atoms with Crippen LogP contribution < -0.4 is 4.72 Å². The summed E-state index contributed by atoms with van der Waals surface area (Å²) in [6.07, 6.45) is 2.09. The summed E-state index contributed by atoms with van der Waals surface area (Å²) in [5.74, 6) is -1.17. The van der Waals surface area contributed by atoms with E-state index in [9.17, 15) is 13.2 Å². The zero-order valence-corrected chi connectivity index (χ0v) is 12.2. The first-order chi connectivity index (χ1) is 9.95. The highest BCUT2D eigenvalue weighted by Crippen LogP contribution is 2.19. The van der Waals surface area contributed by atoms with E-state index >= 15 is 0 Å². The number of carboxylic acid groups (broad SMARTS) is 1. The van der Waals surface area contributed by atoms with Crippen LogP contribution in [0.3, 0.4) is 0 Å². The van der Waals surface area contributed by atoms with Crippen LogP contribution in [-0.4, -0.2) is 35.8 Å². The zero-order chi connectivity index (χ0) is 15.5. The number of hydrogen-bond donors (Lipinski definition) is 2. The summed E-state index contributed by atoms with van der Waals surface area (Å²) in [6, 6.07) is 7.60. The normalized spacial score (nSPS) is 11.5. The highest BCUT2D eigenvalue weighted by Gasteiger charge is 2.19. The molecule has 7 nitrogen and oxygen atoms in total. The highest BCUT2D eigenvalue weighted by molar-refractivity contribution is 7.89. The Morgan fingerprint density at radius 1 is 1.33 bits per heavy atom. The molecule has 0 atom stereocenters. The van der Waals surface area contributed by atoms with E-state index in [0.717, 1.165) is 0 Å². The molecule has 2 aromatic rings. The van der Waals surface area contributed by atoms with Gasteiger partial charge < -0.3 is 5.11 Å². The zero-order valence-electron chi connectivity index (χ0n) is 11.4. The number of sulfonamides is 1. The molecule has 0 saturated carbocycles. The van der Waals surface area contributed by atoms with Crippen molar-refractivity contribution in [3.63, 3.8) is 0 Å². The molecule has 0 aliphatic rings. The van der Waals surface area contributed by atoms with E-state index in [4.69, 9.17) is 5.11 Å². The molecule has 0 unspecified atom stereocenters. The number of rotatable bonds is 6. The molecule has 0 bridgehead atoms. The van der Waals surface area contributed by atoms with Gasteiger partial charge in [-0.05, 0) is 24.6 Å².